The van der Waals surface area contributed by atoms with Crippen LogP contribution in [0.25, 0.3) is 16.5 Å². The zero-order valence-electron chi connectivity index (χ0n) is 26.4. The molecule has 7 rings (SSSR count). The molecule has 1 atom stereocenters. The third kappa shape index (κ3) is 6.35. The zero-order chi connectivity index (χ0) is 33.2. The summed E-state index contributed by atoms with van der Waals surface area (Å²) in [6.07, 6.45) is 0.872. The minimum atomic E-state index is -0.976. The van der Waals surface area contributed by atoms with Gasteiger partial charge in [-0.3, -0.25) is 14.5 Å². The first-order chi connectivity index (χ1) is 23.4. The predicted octanol–water partition coefficient (Wildman–Crippen LogP) is 7.81. The predicted molar refractivity (Wildman–Crippen MR) is 187 cm³/mol. The maximum Gasteiger partial charge on any atom is 0.301 e. The third-order valence-electron chi connectivity index (χ3n) is 8.23. The number of carbonyl (C=O) groups excluding carboxylic acids is 2. The minimum Gasteiger partial charge on any atom is -0.507 e. The van der Waals surface area contributed by atoms with Crippen molar-refractivity contribution in [1.29, 1.82) is 0 Å². The van der Waals surface area contributed by atoms with Gasteiger partial charge in [0.1, 0.15) is 24.7 Å². The number of thioether (sulfide) groups is 1. The molecule has 0 aliphatic carbocycles. The maximum absolute atomic E-state index is 13.8. The van der Waals surface area contributed by atoms with Gasteiger partial charge < -0.3 is 19.3 Å². The van der Waals surface area contributed by atoms with Crippen molar-refractivity contribution < 1.29 is 28.9 Å². The maximum atomic E-state index is 13.8. The van der Waals surface area contributed by atoms with E-state index in [9.17, 15) is 14.7 Å². The SMILES string of the molecule is CC(C)CCOc1cccc(C2C(=C(O)c3ccc4c(c3)OCCO4)C(=O)C(=O)N2c2nnc(SCc3cccc4ccccc34)s2)c1. The van der Waals surface area contributed by atoms with E-state index in [1.165, 1.54) is 28.0 Å². The molecule has 2 aliphatic heterocycles. The Morgan fingerprint density at radius 2 is 1.77 bits per heavy atom. The van der Waals surface area contributed by atoms with Crippen LogP contribution in [0.5, 0.6) is 17.2 Å². The molecule has 244 valence electrons. The fourth-order valence-electron chi connectivity index (χ4n) is 5.79. The number of hydrogen-bond acceptors (Lipinski definition) is 10. The second-order valence-corrected chi connectivity index (χ2v) is 14.1. The van der Waals surface area contributed by atoms with Gasteiger partial charge in [-0.25, -0.2) is 0 Å². The molecule has 0 bridgehead atoms. The van der Waals surface area contributed by atoms with Crippen molar-refractivity contribution in [3.05, 3.63) is 107 Å². The Morgan fingerprint density at radius 1 is 0.979 bits per heavy atom. The number of aliphatic hydroxyl groups excluding tert-OH is 1. The van der Waals surface area contributed by atoms with Gasteiger partial charge in [-0.1, -0.05) is 91.5 Å². The summed E-state index contributed by atoms with van der Waals surface area (Å²) in [7, 11) is 0. The Bertz CT molecular complexity index is 2040. The van der Waals surface area contributed by atoms with E-state index in [1.807, 2.05) is 36.4 Å². The largest absolute Gasteiger partial charge is 0.507 e. The lowest BCUT2D eigenvalue weighted by molar-refractivity contribution is -0.132. The number of Topliss-reactive ketones (excluding diaryl/α,β-unsaturated/α-hetero) is 1. The van der Waals surface area contributed by atoms with Gasteiger partial charge in [0.25, 0.3) is 5.78 Å². The van der Waals surface area contributed by atoms with Crippen LogP contribution in [0.4, 0.5) is 5.13 Å². The van der Waals surface area contributed by atoms with E-state index in [0.717, 1.165) is 22.8 Å². The number of benzene rings is 4. The highest BCUT2D eigenvalue weighted by atomic mass is 32.2. The van der Waals surface area contributed by atoms with Crippen LogP contribution in [0.15, 0.2) is 94.8 Å². The second kappa shape index (κ2) is 13.7. The van der Waals surface area contributed by atoms with Crippen LogP contribution in [0.3, 0.4) is 0 Å². The number of ether oxygens (including phenoxy) is 3. The summed E-state index contributed by atoms with van der Waals surface area (Å²) in [4.78, 5) is 29.0. The summed E-state index contributed by atoms with van der Waals surface area (Å²) in [5.41, 5.74) is 2.02. The van der Waals surface area contributed by atoms with E-state index in [-0.39, 0.29) is 16.5 Å². The smallest absolute Gasteiger partial charge is 0.301 e. The zero-order valence-corrected chi connectivity index (χ0v) is 28.1. The van der Waals surface area contributed by atoms with E-state index in [2.05, 4.69) is 48.3 Å². The highest BCUT2D eigenvalue weighted by Crippen LogP contribution is 2.45. The van der Waals surface area contributed by atoms with E-state index >= 15 is 0 Å². The van der Waals surface area contributed by atoms with E-state index in [4.69, 9.17) is 14.2 Å². The Hall–Kier alpha value is -4.87. The molecule has 1 fully saturated rings. The molecule has 0 radical (unpaired) electrons. The highest BCUT2D eigenvalue weighted by Gasteiger charge is 2.48. The molecule has 2 aliphatic rings. The van der Waals surface area contributed by atoms with Gasteiger partial charge in [-0.2, -0.15) is 0 Å². The van der Waals surface area contributed by atoms with Crippen LogP contribution in [0, 0.1) is 5.92 Å². The highest BCUT2D eigenvalue weighted by molar-refractivity contribution is 8.00. The molecule has 1 N–H and O–H groups in total. The number of aliphatic hydroxyl groups is 1. The molecule has 1 saturated heterocycles. The molecule has 5 aromatic rings. The van der Waals surface area contributed by atoms with Crippen molar-refractivity contribution in [3.63, 3.8) is 0 Å². The van der Waals surface area contributed by atoms with Crippen molar-refractivity contribution in [2.75, 3.05) is 24.7 Å². The monoisotopic (exact) mass is 679 g/mol. The first kappa shape index (κ1) is 31.7. The average molecular weight is 680 g/mol. The number of fused-ring (bicyclic) bond motifs is 2. The average Bonchev–Trinajstić information content (AvgIpc) is 3.68. The van der Waals surface area contributed by atoms with Gasteiger partial charge in [-0.05, 0) is 64.6 Å². The topological polar surface area (TPSA) is 111 Å². The number of aromatic nitrogens is 2. The summed E-state index contributed by atoms with van der Waals surface area (Å²) in [5.74, 6) is 0.776. The molecule has 0 saturated carbocycles. The molecular weight excluding hydrogens is 647 g/mol. The normalized spacial score (nSPS) is 17.0. The lowest BCUT2D eigenvalue weighted by Crippen LogP contribution is -2.29. The Kier molecular flexibility index (Phi) is 9.05. The van der Waals surface area contributed by atoms with E-state index in [1.54, 1.807) is 24.3 Å². The quantitative estimate of drug-likeness (QED) is 0.0520. The van der Waals surface area contributed by atoms with Crippen molar-refractivity contribution in [2.24, 2.45) is 5.92 Å². The van der Waals surface area contributed by atoms with Crippen LogP contribution in [-0.4, -0.2) is 46.8 Å². The first-order valence-corrected chi connectivity index (χ1v) is 17.5. The van der Waals surface area contributed by atoms with Gasteiger partial charge in [0.2, 0.25) is 5.13 Å². The number of nitrogens with zero attached hydrogens (tertiary/aromatic N) is 3. The van der Waals surface area contributed by atoms with Gasteiger partial charge in [0.05, 0.1) is 18.2 Å². The Balaban J connectivity index is 1.25. The number of ketones is 1. The molecule has 0 spiro atoms. The number of hydrogen-bond donors (Lipinski definition) is 1. The van der Waals surface area contributed by atoms with Crippen LogP contribution in [0.2, 0.25) is 0 Å². The standard InChI is InChI=1S/C37H33N3O6S2/c1-22(2)15-16-44-27-11-6-9-24(19-27)32-31(33(41)25-13-14-29-30(20-25)46-18-17-45-29)34(42)35(43)40(32)36-38-39-37(48-36)47-21-26-10-5-8-23-7-3-4-12-28(23)26/h3-14,19-20,22,32,41H,15-18,21H2,1-2H3. The summed E-state index contributed by atoms with van der Waals surface area (Å²) in [5, 5.41) is 23.0. The number of rotatable bonds is 10. The number of carbonyl (C=O) groups is 2. The lowest BCUT2D eigenvalue weighted by Gasteiger charge is -2.23. The molecular formula is C37H33N3O6S2. The summed E-state index contributed by atoms with van der Waals surface area (Å²) >= 11 is 2.74. The summed E-state index contributed by atoms with van der Waals surface area (Å²) in [6.45, 7) is 5.56. The molecule has 1 aromatic heterocycles. The summed E-state index contributed by atoms with van der Waals surface area (Å²) < 4.78 is 18.0. The summed E-state index contributed by atoms with van der Waals surface area (Å²) in [6, 6.07) is 25.7. The van der Waals surface area contributed by atoms with Crippen molar-refractivity contribution >= 4 is 56.5 Å². The Labute approximate surface area is 286 Å². The molecule has 1 amide bonds. The fraction of sp³-hybridized carbons (Fsp3) is 0.243. The molecule has 3 heterocycles. The van der Waals surface area contributed by atoms with E-state index < -0.39 is 17.7 Å². The number of amides is 1. The van der Waals surface area contributed by atoms with Gasteiger partial charge >= 0.3 is 5.91 Å². The van der Waals surface area contributed by atoms with Crippen LogP contribution in [0.1, 0.15) is 43.0 Å². The second-order valence-electron chi connectivity index (χ2n) is 11.9. The van der Waals surface area contributed by atoms with Crippen LogP contribution < -0.4 is 19.1 Å². The number of anilines is 1. The minimum absolute atomic E-state index is 0.0591. The third-order valence-corrected chi connectivity index (χ3v) is 10.3. The van der Waals surface area contributed by atoms with Gasteiger partial charge in [-0.15, -0.1) is 10.2 Å². The molecule has 11 heteroatoms. The van der Waals surface area contributed by atoms with E-state index in [0.29, 0.717) is 64.2 Å². The molecule has 1 unspecified atom stereocenters. The first-order valence-electron chi connectivity index (χ1n) is 15.7. The Morgan fingerprint density at radius 3 is 2.62 bits per heavy atom. The van der Waals surface area contributed by atoms with Crippen LogP contribution in [-0.2, 0) is 15.3 Å². The van der Waals surface area contributed by atoms with Gasteiger partial charge in [0, 0.05) is 11.3 Å². The van der Waals surface area contributed by atoms with Crippen LogP contribution >= 0.6 is 23.1 Å². The van der Waals surface area contributed by atoms with Gasteiger partial charge in [0.15, 0.2) is 15.8 Å². The van der Waals surface area contributed by atoms with Crippen molar-refractivity contribution in [1.82, 2.24) is 10.2 Å². The molecule has 9 nitrogen and oxygen atoms in total. The fourth-order valence-corrected chi connectivity index (χ4v) is 7.67. The molecule has 48 heavy (non-hydrogen) atoms. The van der Waals surface area contributed by atoms with Crippen molar-refractivity contribution in [3.8, 4) is 17.2 Å². The van der Waals surface area contributed by atoms with Crippen molar-refractivity contribution in [2.45, 2.75) is 36.4 Å². The lowest BCUT2D eigenvalue weighted by atomic mass is 9.95. The molecule has 4 aromatic carbocycles.